The normalized spacial score (nSPS) is 16.3. The van der Waals surface area contributed by atoms with E-state index >= 15 is 0 Å². The molecule has 0 spiro atoms. The van der Waals surface area contributed by atoms with Gasteiger partial charge in [-0.1, -0.05) is 0 Å². The van der Waals surface area contributed by atoms with Crippen LogP contribution >= 0.6 is 0 Å². The lowest BCUT2D eigenvalue weighted by atomic mass is 9.91. The average Bonchev–Trinajstić information content (AvgIpc) is 3.27. The summed E-state index contributed by atoms with van der Waals surface area (Å²) in [7, 11) is 3.82. The van der Waals surface area contributed by atoms with Crippen LogP contribution in [0.4, 0.5) is 0 Å². The third-order valence-electron chi connectivity index (χ3n) is 5.04. The average molecular weight is 351 g/mol. The molecule has 0 bridgehead atoms. The molecular formula is C19H21N5O2. The molecule has 3 aromatic rings. The second-order valence-electron chi connectivity index (χ2n) is 6.70. The molecule has 2 heterocycles. The van der Waals surface area contributed by atoms with Gasteiger partial charge in [0, 0.05) is 43.4 Å². The molecule has 7 nitrogen and oxygen atoms in total. The van der Waals surface area contributed by atoms with Gasteiger partial charge in [0.15, 0.2) is 0 Å². The summed E-state index contributed by atoms with van der Waals surface area (Å²) in [6.07, 6.45) is 4.93. The number of carbonyl (C=O) groups is 1. The quantitative estimate of drug-likeness (QED) is 0.725. The summed E-state index contributed by atoms with van der Waals surface area (Å²) in [5.41, 5.74) is 3.83. The van der Waals surface area contributed by atoms with E-state index in [2.05, 4.69) is 15.3 Å². The third kappa shape index (κ3) is 2.79. The van der Waals surface area contributed by atoms with Crippen molar-refractivity contribution in [2.75, 3.05) is 7.05 Å². The maximum Gasteiger partial charge on any atom is 0.254 e. The topological polar surface area (TPSA) is 77.1 Å². The minimum absolute atomic E-state index is 0.0000345. The molecule has 1 aliphatic carbocycles. The Labute approximate surface area is 151 Å². The van der Waals surface area contributed by atoms with Gasteiger partial charge in [-0.3, -0.25) is 9.48 Å². The van der Waals surface area contributed by atoms with Crippen LogP contribution in [0.15, 0.2) is 34.9 Å². The molecule has 1 atom stereocenters. The molecule has 0 aliphatic heterocycles. The number of hydrogen-bond acceptors (Lipinski definition) is 5. The number of aromatic nitrogens is 4. The van der Waals surface area contributed by atoms with Crippen molar-refractivity contribution in [2.24, 2.45) is 7.05 Å². The van der Waals surface area contributed by atoms with Crippen molar-refractivity contribution in [1.82, 2.24) is 24.9 Å². The second kappa shape index (κ2) is 6.40. The Kier molecular flexibility index (Phi) is 4.06. The Morgan fingerprint density at radius 2 is 2.04 bits per heavy atom. The molecule has 1 unspecified atom stereocenters. The van der Waals surface area contributed by atoms with E-state index in [4.69, 9.17) is 4.42 Å². The van der Waals surface area contributed by atoms with E-state index in [1.807, 2.05) is 42.0 Å². The monoisotopic (exact) mass is 351 g/mol. The molecule has 1 aliphatic rings. The first-order valence-corrected chi connectivity index (χ1v) is 8.73. The van der Waals surface area contributed by atoms with Gasteiger partial charge in [0.1, 0.15) is 0 Å². The van der Waals surface area contributed by atoms with Crippen molar-refractivity contribution in [3.8, 4) is 11.5 Å². The van der Waals surface area contributed by atoms with Crippen LogP contribution in [-0.2, 0) is 13.5 Å². The van der Waals surface area contributed by atoms with Crippen LogP contribution in [0.25, 0.3) is 11.5 Å². The number of aryl methyl sites for hydroxylation is 2. The highest BCUT2D eigenvalue weighted by Gasteiger charge is 2.29. The number of nitrogens with zero attached hydrogens (tertiary/aromatic N) is 5. The smallest absolute Gasteiger partial charge is 0.254 e. The Balaban J connectivity index is 1.56. The van der Waals surface area contributed by atoms with Gasteiger partial charge in [-0.2, -0.15) is 5.10 Å². The van der Waals surface area contributed by atoms with Gasteiger partial charge >= 0.3 is 0 Å². The largest absolute Gasteiger partial charge is 0.421 e. The summed E-state index contributed by atoms with van der Waals surface area (Å²) >= 11 is 0. The van der Waals surface area contributed by atoms with Gasteiger partial charge in [-0.05, 0) is 43.5 Å². The number of amides is 1. The first kappa shape index (κ1) is 16.5. The number of hydrogen-bond donors (Lipinski definition) is 0. The molecular weight excluding hydrogens is 330 g/mol. The van der Waals surface area contributed by atoms with Gasteiger partial charge in [0.25, 0.3) is 5.91 Å². The molecule has 4 rings (SSSR count). The lowest BCUT2D eigenvalue weighted by Gasteiger charge is -2.31. The highest BCUT2D eigenvalue weighted by molar-refractivity contribution is 5.94. The third-order valence-corrected chi connectivity index (χ3v) is 5.04. The molecule has 7 heteroatoms. The first-order valence-electron chi connectivity index (χ1n) is 8.73. The maximum absolute atomic E-state index is 13.0. The number of fused-ring (bicyclic) bond motifs is 1. The fourth-order valence-electron chi connectivity index (χ4n) is 3.60. The van der Waals surface area contributed by atoms with Crippen LogP contribution in [0, 0.1) is 6.92 Å². The van der Waals surface area contributed by atoms with Crippen LogP contribution in [-0.4, -0.2) is 37.8 Å². The molecule has 134 valence electrons. The summed E-state index contributed by atoms with van der Waals surface area (Å²) in [5, 5.41) is 12.2. The molecule has 0 saturated heterocycles. The van der Waals surface area contributed by atoms with Crippen molar-refractivity contribution < 1.29 is 9.21 Å². The van der Waals surface area contributed by atoms with E-state index in [9.17, 15) is 4.79 Å². The van der Waals surface area contributed by atoms with Crippen LogP contribution in [0.2, 0.25) is 0 Å². The zero-order chi connectivity index (χ0) is 18.3. The minimum atomic E-state index is -0.0000345. The Hall–Kier alpha value is -2.96. The van der Waals surface area contributed by atoms with E-state index in [-0.39, 0.29) is 11.9 Å². The highest BCUT2D eigenvalue weighted by Crippen LogP contribution is 2.34. The fraction of sp³-hybridized carbons (Fsp3) is 0.368. The van der Waals surface area contributed by atoms with Gasteiger partial charge in [0.2, 0.25) is 11.8 Å². The van der Waals surface area contributed by atoms with Crippen LogP contribution in [0.1, 0.15) is 46.4 Å². The van der Waals surface area contributed by atoms with Crippen molar-refractivity contribution in [3.05, 3.63) is 53.2 Å². The van der Waals surface area contributed by atoms with E-state index in [0.717, 1.165) is 30.4 Å². The van der Waals surface area contributed by atoms with Crippen molar-refractivity contribution in [1.29, 1.82) is 0 Å². The Morgan fingerprint density at radius 1 is 1.27 bits per heavy atom. The standard InChI is InChI=1S/C19H21N5O2/c1-12-21-22-18(26-12)13-7-9-14(10-8-13)19(25)23(2)16-5-4-6-17-15(16)11-20-24(17)3/h7-11,16H,4-6H2,1-3H3. The summed E-state index contributed by atoms with van der Waals surface area (Å²) in [6, 6.07) is 7.36. The number of carbonyl (C=O) groups excluding carboxylic acids is 1. The highest BCUT2D eigenvalue weighted by atomic mass is 16.4. The zero-order valence-corrected chi connectivity index (χ0v) is 15.1. The first-order chi connectivity index (χ1) is 12.5. The SMILES string of the molecule is Cc1nnc(-c2ccc(C(=O)N(C)C3CCCc4c3cnn4C)cc2)o1. The molecule has 0 saturated carbocycles. The molecule has 2 aromatic heterocycles. The molecule has 0 radical (unpaired) electrons. The summed E-state index contributed by atoms with van der Waals surface area (Å²) in [6.45, 7) is 1.75. The Bertz CT molecular complexity index is 941. The zero-order valence-electron chi connectivity index (χ0n) is 15.1. The van der Waals surface area contributed by atoms with Crippen LogP contribution in [0.5, 0.6) is 0 Å². The van der Waals surface area contributed by atoms with E-state index in [1.54, 1.807) is 19.1 Å². The molecule has 0 fully saturated rings. The molecule has 1 amide bonds. The fourth-order valence-corrected chi connectivity index (χ4v) is 3.60. The predicted molar refractivity (Wildman–Crippen MR) is 95.5 cm³/mol. The van der Waals surface area contributed by atoms with Crippen LogP contribution in [0.3, 0.4) is 0 Å². The van der Waals surface area contributed by atoms with E-state index < -0.39 is 0 Å². The Morgan fingerprint density at radius 3 is 2.73 bits per heavy atom. The van der Waals surface area contributed by atoms with Crippen molar-refractivity contribution in [3.63, 3.8) is 0 Å². The van der Waals surface area contributed by atoms with Gasteiger partial charge in [0.05, 0.1) is 12.2 Å². The summed E-state index contributed by atoms with van der Waals surface area (Å²) in [4.78, 5) is 14.8. The van der Waals surface area contributed by atoms with Crippen molar-refractivity contribution >= 4 is 5.91 Å². The summed E-state index contributed by atoms with van der Waals surface area (Å²) < 4.78 is 7.34. The lowest BCUT2D eigenvalue weighted by molar-refractivity contribution is 0.0714. The number of rotatable bonds is 3. The second-order valence-corrected chi connectivity index (χ2v) is 6.70. The lowest BCUT2D eigenvalue weighted by Crippen LogP contribution is -2.33. The van der Waals surface area contributed by atoms with Crippen LogP contribution < -0.4 is 0 Å². The maximum atomic E-state index is 13.0. The van der Waals surface area contributed by atoms with Gasteiger partial charge < -0.3 is 9.32 Å². The molecule has 26 heavy (non-hydrogen) atoms. The molecule has 1 aromatic carbocycles. The van der Waals surface area contributed by atoms with E-state index in [1.165, 1.54) is 5.69 Å². The minimum Gasteiger partial charge on any atom is -0.421 e. The van der Waals surface area contributed by atoms with Gasteiger partial charge in [-0.15, -0.1) is 10.2 Å². The van der Waals surface area contributed by atoms with E-state index in [0.29, 0.717) is 17.3 Å². The number of benzene rings is 1. The molecule has 0 N–H and O–H groups in total. The predicted octanol–water partition coefficient (Wildman–Crippen LogP) is 2.93. The van der Waals surface area contributed by atoms with Gasteiger partial charge in [-0.25, -0.2) is 0 Å². The summed E-state index contributed by atoms with van der Waals surface area (Å²) in [5.74, 6) is 0.978. The van der Waals surface area contributed by atoms with Crippen molar-refractivity contribution in [2.45, 2.75) is 32.2 Å².